The Morgan fingerprint density at radius 3 is 1.11 bits per heavy atom. The molecule has 0 aromatic heterocycles. The summed E-state index contributed by atoms with van der Waals surface area (Å²) in [6.45, 7) is 16.7. The second kappa shape index (κ2) is 32.6. The van der Waals surface area contributed by atoms with Crippen molar-refractivity contribution in [2.45, 2.75) is 164 Å². The molecular formula is C44H72F8NO23S3-3. The van der Waals surface area contributed by atoms with Gasteiger partial charge < -0.3 is 52.1 Å². The second-order valence-corrected chi connectivity index (χ2v) is 24.3. The molecule has 79 heavy (non-hydrogen) atoms. The Morgan fingerprint density at radius 2 is 0.797 bits per heavy atom. The van der Waals surface area contributed by atoms with Crippen LogP contribution in [-0.4, -0.2) is 155 Å². The minimum atomic E-state index is -6.02. The van der Waals surface area contributed by atoms with Gasteiger partial charge in [0.25, 0.3) is 5.92 Å². The first-order valence-corrected chi connectivity index (χ1v) is 27.5. The van der Waals surface area contributed by atoms with Gasteiger partial charge >= 0.3 is 57.7 Å². The number of halogens is 8. The summed E-state index contributed by atoms with van der Waals surface area (Å²) >= 11 is 0. The molecule has 35 heteroatoms. The molecule has 0 aliphatic heterocycles. The number of hydrogen-bond donors (Lipinski definition) is 1. The summed E-state index contributed by atoms with van der Waals surface area (Å²) in [5.74, 6) is -8.69. The predicted molar refractivity (Wildman–Crippen MR) is 254 cm³/mol. The average Bonchev–Trinajstić information content (AvgIpc) is 3.30. The molecule has 1 amide bonds. The third kappa shape index (κ3) is 32.3. The molecule has 0 rings (SSSR count). The Bertz CT molecular complexity index is 2340. The van der Waals surface area contributed by atoms with Gasteiger partial charge in [-0.15, -0.1) is 0 Å². The van der Waals surface area contributed by atoms with Crippen LogP contribution >= 0.6 is 0 Å². The topological polar surface area (TPSA) is 368 Å². The number of ether oxygens (including phenoxy) is 7. The Kier molecular flexibility index (Phi) is 33.4. The molecule has 0 aliphatic carbocycles. The van der Waals surface area contributed by atoms with Gasteiger partial charge in [-0.25, -0.2) is 48.4 Å². The fourth-order valence-electron chi connectivity index (χ4n) is 3.68. The number of nitrogens with one attached hydrogen (secondary N) is 1. The number of carbonyl (C=O) groups is 7. The van der Waals surface area contributed by atoms with Gasteiger partial charge in [0.05, 0.1) is 28.2 Å². The van der Waals surface area contributed by atoms with Gasteiger partial charge in [-0.3, -0.25) is 19.2 Å². The van der Waals surface area contributed by atoms with Crippen LogP contribution in [0.25, 0.3) is 0 Å². The normalized spacial score (nSPS) is 13.3. The van der Waals surface area contributed by atoms with Crippen molar-refractivity contribution in [1.29, 1.82) is 0 Å². The van der Waals surface area contributed by atoms with Crippen LogP contribution in [0.2, 0.25) is 0 Å². The number of esters is 6. The fourth-order valence-corrected chi connectivity index (χ4v) is 4.56. The molecule has 0 aliphatic rings. The number of hydrogen-bond acceptors (Lipinski definition) is 23. The molecule has 1 N–H and O–H groups in total. The van der Waals surface area contributed by atoms with Gasteiger partial charge in [-0.1, -0.05) is 41.5 Å². The monoisotopic (exact) mass is 1230 g/mol. The minimum Gasteiger partial charge on any atom is -0.743 e. The number of rotatable bonds is 28. The Hall–Kier alpha value is -4.74. The van der Waals surface area contributed by atoms with Crippen molar-refractivity contribution < 1.29 is 141 Å². The summed E-state index contributed by atoms with van der Waals surface area (Å²) < 4.78 is 226. The van der Waals surface area contributed by atoms with Crippen LogP contribution in [0.3, 0.4) is 0 Å². The van der Waals surface area contributed by atoms with Crippen LogP contribution in [0.1, 0.15) is 136 Å². The highest BCUT2D eigenvalue weighted by Gasteiger charge is 2.49. The Labute approximate surface area is 454 Å². The maximum Gasteiger partial charge on any atom is 0.407 e. The number of alkyl halides is 8. The SMILES string of the molecule is CCC(C)(C)C(=O)OCC(=O)OC(CC(C)C)C(F)(F)S(=O)(=O)[O-].CCC(C)(C)C(=O)OCC(=O)OCC(F)(F)S(=O)(=O)[O-].CCC(C)(C)C(=O)OCC(C)(F)F.CCC(C)(C)C(=O)OCCNC(=O)OCC(F)(F)S(=O)(=O)[O-]. The molecule has 468 valence electrons. The van der Waals surface area contributed by atoms with Crippen LogP contribution < -0.4 is 5.32 Å². The summed E-state index contributed by atoms with van der Waals surface area (Å²) in [6.07, 6.45) is -2.41. The van der Waals surface area contributed by atoms with Gasteiger partial charge in [0.1, 0.15) is 6.61 Å². The van der Waals surface area contributed by atoms with Gasteiger partial charge in [-0.05, 0) is 93.4 Å². The van der Waals surface area contributed by atoms with E-state index < -0.39 is 167 Å². The molecule has 0 bridgehead atoms. The number of amides is 1. The van der Waals surface area contributed by atoms with Crippen molar-refractivity contribution in [2.75, 3.05) is 46.2 Å². The summed E-state index contributed by atoms with van der Waals surface area (Å²) in [6, 6.07) is 0. The van der Waals surface area contributed by atoms with Gasteiger partial charge in [0, 0.05) is 6.92 Å². The Balaban J connectivity index is -0.000000484. The summed E-state index contributed by atoms with van der Waals surface area (Å²) in [5, 5.41) is -12.2. The van der Waals surface area contributed by atoms with E-state index in [1.54, 1.807) is 76.2 Å². The van der Waals surface area contributed by atoms with Crippen molar-refractivity contribution in [1.82, 2.24) is 5.32 Å². The molecule has 0 fully saturated rings. The van der Waals surface area contributed by atoms with Crippen molar-refractivity contribution >= 4 is 72.3 Å². The highest BCUT2D eigenvalue weighted by Crippen LogP contribution is 2.32. The minimum absolute atomic E-state index is 0.215. The van der Waals surface area contributed by atoms with Crippen molar-refractivity contribution in [3.05, 3.63) is 0 Å². The zero-order valence-corrected chi connectivity index (χ0v) is 48.7. The number of carbonyl (C=O) groups excluding carboxylic acids is 7. The van der Waals surface area contributed by atoms with Crippen LogP contribution in [0, 0.1) is 27.6 Å². The lowest BCUT2D eigenvalue weighted by atomic mass is 9.91. The molecule has 0 radical (unpaired) electrons. The van der Waals surface area contributed by atoms with E-state index in [0.717, 1.165) is 6.92 Å². The van der Waals surface area contributed by atoms with Crippen molar-refractivity contribution in [3.63, 3.8) is 0 Å². The van der Waals surface area contributed by atoms with Gasteiger partial charge in [0.2, 0.25) is 0 Å². The van der Waals surface area contributed by atoms with Crippen LogP contribution in [-0.2, 0) is 92.3 Å². The summed E-state index contributed by atoms with van der Waals surface area (Å²) in [5.41, 5.74) is -3.10. The molecular weight excluding hydrogens is 1160 g/mol. The lowest BCUT2D eigenvalue weighted by Gasteiger charge is -2.29. The fraction of sp³-hybridized carbons (Fsp3) is 0.841. The zero-order chi connectivity index (χ0) is 63.8. The van der Waals surface area contributed by atoms with Crippen LogP contribution in [0.15, 0.2) is 0 Å². The summed E-state index contributed by atoms with van der Waals surface area (Å²) in [7, 11) is -17.9. The van der Waals surface area contributed by atoms with Crippen LogP contribution in [0.5, 0.6) is 0 Å². The van der Waals surface area contributed by atoms with Crippen LogP contribution in [0.4, 0.5) is 39.9 Å². The third-order valence-electron chi connectivity index (χ3n) is 10.6. The van der Waals surface area contributed by atoms with E-state index >= 15 is 0 Å². The van der Waals surface area contributed by atoms with E-state index in [1.165, 1.54) is 13.8 Å². The van der Waals surface area contributed by atoms with Crippen molar-refractivity contribution in [2.24, 2.45) is 27.6 Å². The molecule has 1 atom stereocenters. The molecule has 0 saturated carbocycles. The van der Waals surface area contributed by atoms with E-state index in [0.29, 0.717) is 25.7 Å². The predicted octanol–water partition coefficient (Wildman–Crippen LogP) is 6.16. The molecule has 0 spiro atoms. The van der Waals surface area contributed by atoms with E-state index in [2.05, 4.69) is 28.4 Å². The highest BCUT2D eigenvalue weighted by molar-refractivity contribution is 7.87. The zero-order valence-electron chi connectivity index (χ0n) is 46.3. The Morgan fingerprint density at radius 1 is 0.468 bits per heavy atom. The van der Waals surface area contributed by atoms with Gasteiger partial charge in [-0.2, -0.15) is 26.3 Å². The molecule has 0 aromatic rings. The molecule has 0 aromatic carbocycles. The lowest BCUT2D eigenvalue weighted by molar-refractivity contribution is -0.175. The molecule has 1 unspecified atom stereocenters. The quantitative estimate of drug-likeness (QED) is 0.0301. The first kappa shape index (κ1) is 80.7. The van der Waals surface area contributed by atoms with E-state index in [4.69, 9.17) is 4.74 Å². The third-order valence-corrected chi connectivity index (χ3v) is 13.2. The maximum absolute atomic E-state index is 13.7. The maximum atomic E-state index is 13.7. The highest BCUT2D eigenvalue weighted by atomic mass is 32.2. The van der Waals surface area contributed by atoms with Crippen molar-refractivity contribution in [3.8, 4) is 0 Å². The molecule has 0 heterocycles. The van der Waals surface area contributed by atoms with E-state index in [-0.39, 0.29) is 13.2 Å². The smallest absolute Gasteiger partial charge is 0.407 e. The molecule has 24 nitrogen and oxygen atoms in total. The van der Waals surface area contributed by atoms with E-state index in [1.807, 2.05) is 12.2 Å². The number of alkyl carbamates (subject to hydrolysis) is 1. The second-order valence-electron chi connectivity index (χ2n) is 19.9. The van der Waals surface area contributed by atoms with Gasteiger partial charge in [0.15, 0.2) is 69.5 Å². The largest absolute Gasteiger partial charge is 0.743 e. The first-order valence-electron chi connectivity index (χ1n) is 23.3. The first-order chi connectivity index (χ1) is 35.0. The standard InChI is InChI=1S/C14H24F2O7S.C11H19F2NO7S.C10H16F2O7S.C9H16F2O2/c1-6-13(4,5)12(18)22-8-11(17)23-10(7-9(2)3)14(15,16)24(19,20)21;1-4-10(2,3)8(15)20-6-5-14-9(16)21-7-11(12,13)22(17,18)19;1-4-9(2,3)8(14)18-5-7(13)19-6-10(11,12)20(15,16)17;1-5-8(2,3)7(12)13-6-9(4,10)11/h9-10H,6-8H2,1-5H3,(H,19,20,21);4-7H2,1-3H3,(H,14,16)(H,17,18,19);4-6H2,1-3H3,(H,15,16,17);5-6H2,1-4H3/p-3. The summed E-state index contributed by atoms with van der Waals surface area (Å²) in [4.78, 5) is 79.5. The lowest BCUT2D eigenvalue weighted by Crippen LogP contribution is -2.45. The van der Waals surface area contributed by atoms with E-state index in [9.17, 15) is 108 Å². The average molecular weight is 1230 g/mol. The molecule has 0 saturated heterocycles.